The fourth-order valence-corrected chi connectivity index (χ4v) is 3.08. The van der Waals surface area contributed by atoms with Gasteiger partial charge in [-0.1, -0.05) is 6.92 Å². The average molecular weight is 297 g/mol. The van der Waals surface area contributed by atoms with E-state index in [-0.39, 0.29) is 12.5 Å². The fraction of sp³-hybridized carbons (Fsp3) is 0.867. The van der Waals surface area contributed by atoms with Crippen molar-refractivity contribution >= 4 is 11.9 Å². The second kappa shape index (κ2) is 7.75. The van der Waals surface area contributed by atoms with E-state index in [4.69, 9.17) is 5.11 Å². The van der Waals surface area contributed by atoms with Gasteiger partial charge in [0.1, 0.15) is 0 Å². The Morgan fingerprint density at radius 2 is 1.52 bits per heavy atom. The Morgan fingerprint density at radius 1 is 0.952 bits per heavy atom. The lowest BCUT2D eigenvalue weighted by atomic mass is 9.99. The summed E-state index contributed by atoms with van der Waals surface area (Å²) in [5.41, 5.74) is 0. The Balaban J connectivity index is 1.75. The van der Waals surface area contributed by atoms with E-state index in [0.717, 1.165) is 64.4 Å². The van der Waals surface area contributed by atoms with Crippen LogP contribution in [0.3, 0.4) is 0 Å². The summed E-state index contributed by atoms with van der Waals surface area (Å²) >= 11 is 0. The lowest BCUT2D eigenvalue weighted by Gasteiger charge is -2.32. The first-order valence-corrected chi connectivity index (χ1v) is 7.99. The Bertz CT molecular complexity index is 367. The van der Waals surface area contributed by atoms with Gasteiger partial charge in [0.25, 0.3) is 0 Å². The molecule has 0 aromatic heterocycles. The van der Waals surface area contributed by atoms with Crippen LogP contribution in [0.1, 0.15) is 26.2 Å². The minimum Gasteiger partial charge on any atom is -0.480 e. The van der Waals surface area contributed by atoms with E-state index in [1.165, 1.54) is 0 Å². The second-order valence-electron chi connectivity index (χ2n) is 6.36. The number of hydrogen-bond acceptors (Lipinski definition) is 4. The number of carboxylic acids is 1. The summed E-state index contributed by atoms with van der Waals surface area (Å²) in [6.07, 6.45) is 3.15. The SMILES string of the molecule is CC1CCN(C(=O)CN2CCCN(CC(=O)O)CC2)CC1. The molecule has 120 valence electrons. The normalized spacial score (nSPS) is 23.0. The van der Waals surface area contributed by atoms with Crippen molar-refractivity contribution < 1.29 is 14.7 Å². The number of piperidine rings is 1. The number of aliphatic carboxylic acids is 1. The highest BCUT2D eigenvalue weighted by Gasteiger charge is 2.23. The van der Waals surface area contributed by atoms with Gasteiger partial charge in [-0.25, -0.2) is 0 Å². The third-order valence-electron chi connectivity index (χ3n) is 4.54. The number of amides is 1. The quantitative estimate of drug-likeness (QED) is 0.810. The van der Waals surface area contributed by atoms with Crippen molar-refractivity contribution in [3.8, 4) is 0 Å². The molecule has 2 aliphatic rings. The van der Waals surface area contributed by atoms with Gasteiger partial charge in [-0.3, -0.25) is 19.4 Å². The predicted molar refractivity (Wildman–Crippen MR) is 80.1 cm³/mol. The smallest absolute Gasteiger partial charge is 0.317 e. The summed E-state index contributed by atoms with van der Waals surface area (Å²) in [5.74, 6) is 0.187. The van der Waals surface area contributed by atoms with E-state index in [1.807, 2.05) is 9.80 Å². The molecule has 0 bridgehead atoms. The highest BCUT2D eigenvalue weighted by molar-refractivity contribution is 5.78. The molecule has 0 atom stereocenters. The number of rotatable bonds is 4. The molecule has 2 saturated heterocycles. The van der Waals surface area contributed by atoms with Crippen LogP contribution in [0.25, 0.3) is 0 Å². The van der Waals surface area contributed by atoms with E-state index in [9.17, 15) is 9.59 Å². The van der Waals surface area contributed by atoms with Gasteiger partial charge in [-0.05, 0) is 31.7 Å². The average Bonchev–Trinajstić information content (AvgIpc) is 2.64. The largest absolute Gasteiger partial charge is 0.480 e. The standard InChI is InChI=1S/C15H27N3O3/c1-13-3-7-18(8-4-13)14(19)11-16-5-2-6-17(10-9-16)12-15(20)21/h13H,2-12H2,1H3,(H,20,21). The summed E-state index contributed by atoms with van der Waals surface area (Å²) < 4.78 is 0. The molecule has 0 aliphatic carbocycles. The lowest BCUT2D eigenvalue weighted by Crippen LogP contribution is -2.44. The summed E-state index contributed by atoms with van der Waals surface area (Å²) in [6.45, 7) is 7.80. The van der Waals surface area contributed by atoms with Gasteiger partial charge in [0, 0.05) is 32.7 Å². The molecule has 2 rings (SSSR count). The van der Waals surface area contributed by atoms with Gasteiger partial charge in [-0.2, -0.15) is 0 Å². The molecular formula is C15H27N3O3. The van der Waals surface area contributed by atoms with Gasteiger partial charge in [0.15, 0.2) is 0 Å². The Morgan fingerprint density at radius 3 is 2.10 bits per heavy atom. The van der Waals surface area contributed by atoms with Crippen LogP contribution in [-0.2, 0) is 9.59 Å². The van der Waals surface area contributed by atoms with Crippen LogP contribution in [0, 0.1) is 5.92 Å². The molecule has 2 heterocycles. The van der Waals surface area contributed by atoms with Gasteiger partial charge in [-0.15, -0.1) is 0 Å². The molecule has 2 aliphatic heterocycles. The van der Waals surface area contributed by atoms with Crippen LogP contribution in [0.5, 0.6) is 0 Å². The topological polar surface area (TPSA) is 64.1 Å². The molecule has 2 fully saturated rings. The third-order valence-corrected chi connectivity index (χ3v) is 4.54. The molecule has 0 radical (unpaired) electrons. The number of likely N-dealkylation sites (tertiary alicyclic amines) is 1. The minimum atomic E-state index is -0.776. The molecule has 0 spiro atoms. The fourth-order valence-electron chi connectivity index (χ4n) is 3.08. The molecule has 0 aromatic carbocycles. The summed E-state index contributed by atoms with van der Waals surface area (Å²) in [4.78, 5) is 29.2. The van der Waals surface area contributed by atoms with Crippen LogP contribution in [-0.4, -0.2) is 84.0 Å². The molecule has 0 saturated carbocycles. The molecule has 0 unspecified atom stereocenters. The monoisotopic (exact) mass is 297 g/mol. The summed E-state index contributed by atoms with van der Waals surface area (Å²) in [7, 11) is 0. The first-order valence-electron chi connectivity index (χ1n) is 7.99. The third kappa shape index (κ3) is 5.28. The highest BCUT2D eigenvalue weighted by Crippen LogP contribution is 2.16. The van der Waals surface area contributed by atoms with Crippen molar-refractivity contribution in [2.75, 3.05) is 52.4 Å². The maximum atomic E-state index is 12.3. The first kappa shape index (κ1) is 16.2. The number of carbonyl (C=O) groups excluding carboxylic acids is 1. The van der Waals surface area contributed by atoms with Crippen LogP contribution in [0.15, 0.2) is 0 Å². The molecule has 6 heteroatoms. The van der Waals surface area contributed by atoms with Crippen molar-refractivity contribution in [1.29, 1.82) is 0 Å². The van der Waals surface area contributed by atoms with E-state index in [1.54, 1.807) is 0 Å². The Hall–Kier alpha value is -1.14. The molecule has 6 nitrogen and oxygen atoms in total. The van der Waals surface area contributed by atoms with Crippen LogP contribution < -0.4 is 0 Å². The van der Waals surface area contributed by atoms with Crippen molar-refractivity contribution in [2.24, 2.45) is 5.92 Å². The predicted octanol–water partition coefficient (Wildman–Crippen LogP) is 0.337. The molecule has 21 heavy (non-hydrogen) atoms. The maximum Gasteiger partial charge on any atom is 0.317 e. The summed E-state index contributed by atoms with van der Waals surface area (Å²) in [6, 6.07) is 0. The zero-order valence-corrected chi connectivity index (χ0v) is 13.0. The zero-order chi connectivity index (χ0) is 15.2. The van der Waals surface area contributed by atoms with E-state index < -0.39 is 5.97 Å². The summed E-state index contributed by atoms with van der Waals surface area (Å²) in [5, 5.41) is 8.84. The Kier molecular flexibility index (Phi) is 5.99. The lowest BCUT2D eigenvalue weighted by molar-refractivity contribution is -0.138. The molecule has 1 N–H and O–H groups in total. The van der Waals surface area contributed by atoms with Gasteiger partial charge >= 0.3 is 5.97 Å². The van der Waals surface area contributed by atoms with Crippen molar-refractivity contribution in [1.82, 2.24) is 14.7 Å². The van der Waals surface area contributed by atoms with E-state index >= 15 is 0 Å². The first-order chi connectivity index (χ1) is 10.0. The van der Waals surface area contributed by atoms with Gasteiger partial charge in [0.2, 0.25) is 5.91 Å². The minimum absolute atomic E-state index is 0.103. The van der Waals surface area contributed by atoms with Gasteiger partial charge in [0.05, 0.1) is 13.1 Å². The molecular weight excluding hydrogens is 270 g/mol. The van der Waals surface area contributed by atoms with Crippen molar-refractivity contribution in [3.63, 3.8) is 0 Å². The van der Waals surface area contributed by atoms with E-state index in [2.05, 4.69) is 11.8 Å². The van der Waals surface area contributed by atoms with Crippen molar-refractivity contribution in [3.05, 3.63) is 0 Å². The number of carbonyl (C=O) groups is 2. The maximum absolute atomic E-state index is 12.3. The van der Waals surface area contributed by atoms with Gasteiger partial charge < -0.3 is 10.0 Å². The molecule has 0 aromatic rings. The molecule has 1 amide bonds. The second-order valence-corrected chi connectivity index (χ2v) is 6.36. The van der Waals surface area contributed by atoms with Crippen LogP contribution in [0.2, 0.25) is 0 Å². The van der Waals surface area contributed by atoms with E-state index in [0.29, 0.717) is 6.54 Å². The van der Waals surface area contributed by atoms with Crippen LogP contribution in [0.4, 0.5) is 0 Å². The number of hydrogen-bond donors (Lipinski definition) is 1. The number of nitrogens with zero attached hydrogens (tertiary/aromatic N) is 3. The highest BCUT2D eigenvalue weighted by atomic mass is 16.4. The van der Waals surface area contributed by atoms with Crippen LogP contribution >= 0.6 is 0 Å². The van der Waals surface area contributed by atoms with Crippen molar-refractivity contribution in [2.45, 2.75) is 26.2 Å². The zero-order valence-electron chi connectivity index (χ0n) is 13.0. The number of carboxylic acid groups (broad SMARTS) is 1. The Labute approximate surface area is 126 Å².